The number of fused-ring (bicyclic) bond motifs is 1. The van der Waals surface area contributed by atoms with E-state index < -0.39 is 11.6 Å². The highest BCUT2D eigenvalue weighted by Gasteiger charge is 2.21. The van der Waals surface area contributed by atoms with Gasteiger partial charge in [-0.25, -0.2) is 18.7 Å². The zero-order valence-electron chi connectivity index (χ0n) is 23.7. The van der Waals surface area contributed by atoms with Gasteiger partial charge < -0.3 is 19.5 Å². The number of ether oxygens (including phenoxy) is 3. The number of hydrogen-bond acceptors (Lipinski definition) is 9. The Morgan fingerprint density at radius 1 is 0.930 bits per heavy atom. The van der Waals surface area contributed by atoms with E-state index in [1.807, 2.05) is 42.5 Å². The third-order valence-corrected chi connectivity index (χ3v) is 7.07. The van der Waals surface area contributed by atoms with Gasteiger partial charge in [-0.05, 0) is 18.2 Å². The molecule has 1 saturated heterocycles. The lowest BCUT2D eigenvalue weighted by atomic mass is 10.1. The first-order chi connectivity index (χ1) is 21.1. The SMILES string of the molecule is COCCOc1cc(F)c(Cn2nc(-c3nc(CN4CCOCC4)cc(Nc4ccncc4)n3)c3ccccc32)c(F)c1. The number of hydrogen-bond donors (Lipinski definition) is 1. The van der Waals surface area contributed by atoms with Gasteiger partial charge in [0.1, 0.15) is 35.5 Å². The summed E-state index contributed by atoms with van der Waals surface area (Å²) in [5.41, 5.74) is 2.72. The molecule has 3 aromatic heterocycles. The second-order valence-corrected chi connectivity index (χ2v) is 10.0. The molecule has 0 amide bonds. The smallest absolute Gasteiger partial charge is 0.183 e. The fourth-order valence-corrected chi connectivity index (χ4v) is 4.94. The number of aromatic nitrogens is 5. The van der Waals surface area contributed by atoms with Gasteiger partial charge in [-0.15, -0.1) is 0 Å². The normalized spacial score (nSPS) is 13.8. The number of rotatable bonds is 11. The van der Waals surface area contributed by atoms with Crippen molar-refractivity contribution in [2.75, 3.05) is 51.9 Å². The van der Waals surface area contributed by atoms with Gasteiger partial charge >= 0.3 is 0 Å². The van der Waals surface area contributed by atoms with Crippen molar-refractivity contribution in [1.29, 1.82) is 0 Å². The van der Waals surface area contributed by atoms with Crippen molar-refractivity contribution < 1.29 is 23.0 Å². The minimum absolute atomic E-state index is 0.0986. The van der Waals surface area contributed by atoms with Crippen LogP contribution >= 0.6 is 0 Å². The Bertz CT molecular complexity index is 1670. The van der Waals surface area contributed by atoms with Gasteiger partial charge in [0.2, 0.25) is 0 Å². The van der Waals surface area contributed by atoms with E-state index in [1.165, 1.54) is 19.2 Å². The number of halogens is 2. The summed E-state index contributed by atoms with van der Waals surface area (Å²) in [6, 6.07) is 15.5. The second kappa shape index (κ2) is 13.2. The predicted molar refractivity (Wildman–Crippen MR) is 157 cm³/mol. The van der Waals surface area contributed by atoms with Gasteiger partial charge in [-0.3, -0.25) is 14.6 Å². The van der Waals surface area contributed by atoms with Crippen molar-refractivity contribution >= 4 is 22.4 Å². The monoisotopic (exact) mass is 587 g/mol. The van der Waals surface area contributed by atoms with Crippen LogP contribution in [-0.2, 0) is 22.6 Å². The average Bonchev–Trinajstić information content (AvgIpc) is 3.38. The first-order valence-electron chi connectivity index (χ1n) is 14.0. The second-order valence-electron chi connectivity index (χ2n) is 10.0. The molecule has 0 atom stereocenters. The quantitative estimate of drug-likeness (QED) is 0.218. The van der Waals surface area contributed by atoms with Crippen LogP contribution < -0.4 is 10.1 Å². The molecule has 12 heteroatoms. The summed E-state index contributed by atoms with van der Waals surface area (Å²) in [5, 5.41) is 8.90. The molecule has 1 aliphatic rings. The van der Waals surface area contributed by atoms with E-state index in [2.05, 4.69) is 15.2 Å². The molecule has 0 saturated carbocycles. The van der Waals surface area contributed by atoms with Crippen LogP contribution in [0.1, 0.15) is 11.3 Å². The molecule has 0 bridgehead atoms. The molecule has 0 radical (unpaired) electrons. The zero-order chi connectivity index (χ0) is 29.6. The van der Waals surface area contributed by atoms with Crippen molar-refractivity contribution in [1.82, 2.24) is 29.6 Å². The first-order valence-corrected chi connectivity index (χ1v) is 14.0. The van der Waals surface area contributed by atoms with E-state index in [4.69, 9.17) is 29.3 Å². The van der Waals surface area contributed by atoms with Gasteiger partial charge in [-0.2, -0.15) is 5.10 Å². The molecule has 5 aromatic rings. The maximum atomic E-state index is 15.1. The van der Waals surface area contributed by atoms with Crippen molar-refractivity contribution in [3.05, 3.63) is 89.9 Å². The molecular formula is C31H31F2N7O3. The number of morpholine rings is 1. The molecule has 4 heterocycles. The highest BCUT2D eigenvalue weighted by molar-refractivity contribution is 5.91. The maximum Gasteiger partial charge on any atom is 0.183 e. The maximum absolute atomic E-state index is 15.1. The van der Waals surface area contributed by atoms with Crippen molar-refractivity contribution in [3.8, 4) is 17.3 Å². The van der Waals surface area contributed by atoms with Gasteiger partial charge in [0.05, 0.1) is 37.6 Å². The highest BCUT2D eigenvalue weighted by atomic mass is 19.1. The first kappa shape index (κ1) is 28.6. The topological polar surface area (TPSA) is 99.5 Å². The number of nitrogens with zero attached hydrogens (tertiary/aromatic N) is 6. The number of benzene rings is 2. The molecule has 10 nitrogen and oxygen atoms in total. The Hall–Kier alpha value is -4.52. The summed E-state index contributed by atoms with van der Waals surface area (Å²) >= 11 is 0. The van der Waals surface area contributed by atoms with Crippen LogP contribution in [-0.4, -0.2) is 76.3 Å². The largest absolute Gasteiger partial charge is 0.491 e. The molecule has 222 valence electrons. The highest BCUT2D eigenvalue weighted by Crippen LogP contribution is 2.30. The van der Waals surface area contributed by atoms with E-state index in [1.54, 1.807) is 17.1 Å². The Morgan fingerprint density at radius 2 is 1.70 bits per heavy atom. The standard InChI is InChI=1S/C31H31F2N7O3/c1-41-14-15-43-23-17-26(32)25(27(33)18-23)20-40-28-5-3-2-4-24(28)30(38-40)31-36-22(19-39-10-12-42-13-11-39)16-29(37-31)35-21-6-8-34-9-7-21/h2-9,16-18H,10-15,19-20H2,1H3,(H,34,35,36,37). The fraction of sp³-hybridized carbons (Fsp3) is 0.290. The minimum atomic E-state index is -0.721. The van der Waals surface area contributed by atoms with Gasteiger partial charge in [-0.1, -0.05) is 18.2 Å². The van der Waals surface area contributed by atoms with Gasteiger partial charge in [0.15, 0.2) is 5.82 Å². The molecule has 0 unspecified atom stereocenters. The fourth-order valence-electron chi connectivity index (χ4n) is 4.94. The Morgan fingerprint density at radius 3 is 2.47 bits per heavy atom. The van der Waals surface area contributed by atoms with E-state index in [0.29, 0.717) is 49.2 Å². The predicted octanol–water partition coefficient (Wildman–Crippen LogP) is 4.82. The summed E-state index contributed by atoms with van der Waals surface area (Å²) in [5.74, 6) is -0.344. The molecule has 1 fully saturated rings. The third kappa shape index (κ3) is 6.77. The average molecular weight is 588 g/mol. The minimum Gasteiger partial charge on any atom is -0.491 e. The molecule has 1 N–H and O–H groups in total. The summed E-state index contributed by atoms with van der Waals surface area (Å²) in [4.78, 5) is 16.1. The van der Waals surface area contributed by atoms with Gasteiger partial charge in [0, 0.05) is 74.0 Å². The number of pyridine rings is 1. The molecule has 6 rings (SSSR count). The Labute approximate surface area is 247 Å². The van der Waals surface area contributed by atoms with Crippen molar-refractivity contribution in [3.63, 3.8) is 0 Å². The molecule has 0 spiro atoms. The van der Waals surface area contributed by atoms with Crippen LogP contribution in [0.2, 0.25) is 0 Å². The van der Waals surface area contributed by atoms with E-state index in [-0.39, 0.29) is 24.5 Å². The molecule has 0 aliphatic carbocycles. The summed E-state index contributed by atoms with van der Waals surface area (Å²) in [6.45, 7) is 3.91. The van der Waals surface area contributed by atoms with Gasteiger partial charge in [0.25, 0.3) is 0 Å². The lowest BCUT2D eigenvalue weighted by Crippen LogP contribution is -2.35. The van der Waals surface area contributed by atoms with Crippen LogP contribution in [0, 0.1) is 11.6 Å². The number of nitrogens with one attached hydrogen (secondary N) is 1. The number of anilines is 2. The summed E-state index contributed by atoms with van der Waals surface area (Å²) < 4.78 is 47.7. The van der Waals surface area contributed by atoms with Crippen LogP contribution in [0.5, 0.6) is 5.75 Å². The van der Waals surface area contributed by atoms with Crippen LogP contribution in [0.4, 0.5) is 20.3 Å². The van der Waals surface area contributed by atoms with E-state index in [9.17, 15) is 0 Å². The molecular weight excluding hydrogens is 556 g/mol. The van der Waals surface area contributed by atoms with E-state index in [0.717, 1.165) is 29.9 Å². The number of para-hydroxylation sites is 1. The summed E-state index contributed by atoms with van der Waals surface area (Å²) in [7, 11) is 1.53. The van der Waals surface area contributed by atoms with Crippen molar-refractivity contribution in [2.24, 2.45) is 0 Å². The summed E-state index contributed by atoms with van der Waals surface area (Å²) in [6.07, 6.45) is 3.40. The lowest BCUT2D eigenvalue weighted by molar-refractivity contribution is 0.0336. The molecule has 1 aliphatic heterocycles. The van der Waals surface area contributed by atoms with Crippen molar-refractivity contribution in [2.45, 2.75) is 13.1 Å². The number of methoxy groups -OCH3 is 1. The Balaban J connectivity index is 1.37. The molecule has 2 aromatic carbocycles. The third-order valence-electron chi connectivity index (χ3n) is 7.07. The Kier molecular flexibility index (Phi) is 8.77. The van der Waals surface area contributed by atoms with Crippen LogP contribution in [0.3, 0.4) is 0 Å². The van der Waals surface area contributed by atoms with E-state index >= 15 is 8.78 Å². The molecule has 43 heavy (non-hydrogen) atoms. The van der Waals surface area contributed by atoms with Crippen LogP contribution in [0.25, 0.3) is 22.4 Å². The van der Waals surface area contributed by atoms with Crippen LogP contribution in [0.15, 0.2) is 67.0 Å². The lowest BCUT2D eigenvalue weighted by Gasteiger charge is -2.26. The zero-order valence-corrected chi connectivity index (χ0v) is 23.7.